The molecule has 0 spiro atoms. The number of anilines is 1. The van der Waals surface area contributed by atoms with E-state index >= 15 is 0 Å². The van der Waals surface area contributed by atoms with E-state index in [-0.39, 0.29) is 11.3 Å². The van der Waals surface area contributed by atoms with E-state index in [9.17, 15) is 4.79 Å². The lowest BCUT2D eigenvalue weighted by atomic mass is 9.77. The van der Waals surface area contributed by atoms with E-state index < -0.39 is 0 Å². The van der Waals surface area contributed by atoms with Gasteiger partial charge in [0.25, 0.3) is 0 Å². The van der Waals surface area contributed by atoms with E-state index in [4.69, 9.17) is 0 Å². The average Bonchev–Trinajstić information content (AvgIpc) is 2.44. The van der Waals surface area contributed by atoms with Gasteiger partial charge in [0.05, 0.1) is 11.1 Å². The molecule has 0 saturated carbocycles. The highest BCUT2D eigenvalue weighted by Gasteiger charge is 2.37. The van der Waals surface area contributed by atoms with E-state index in [0.29, 0.717) is 0 Å². The molecule has 1 atom stereocenters. The van der Waals surface area contributed by atoms with Crippen LogP contribution in [0.3, 0.4) is 0 Å². The fourth-order valence-electron chi connectivity index (χ4n) is 2.62. The molecule has 2 N–H and O–H groups in total. The summed E-state index contributed by atoms with van der Waals surface area (Å²) >= 11 is 3.54. The largest absolute Gasteiger partial charge is 0.325 e. The molecule has 0 aromatic heterocycles. The molecule has 1 aliphatic heterocycles. The van der Waals surface area contributed by atoms with Crippen LogP contribution in [0.2, 0.25) is 0 Å². The lowest BCUT2D eigenvalue weighted by Crippen LogP contribution is -2.47. The molecule has 4 heteroatoms. The average molecular weight is 325 g/mol. The van der Waals surface area contributed by atoms with Crippen molar-refractivity contribution in [3.63, 3.8) is 0 Å². The molecular formula is C15H21BrN2O. The summed E-state index contributed by atoms with van der Waals surface area (Å²) in [5.74, 6) is 0.133. The Balaban J connectivity index is 2.17. The lowest BCUT2D eigenvalue weighted by Gasteiger charge is -2.35. The number of hydrogen-bond acceptors (Lipinski definition) is 2. The minimum atomic E-state index is -0.262. The van der Waals surface area contributed by atoms with E-state index in [2.05, 4.69) is 33.5 Å². The van der Waals surface area contributed by atoms with Crippen LogP contribution in [-0.2, 0) is 4.79 Å². The molecule has 0 aliphatic carbocycles. The molecule has 1 aromatic carbocycles. The number of aryl methyl sites for hydroxylation is 1. The van der Waals surface area contributed by atoms with Crippen molar-refractivity contribution < 1.29 is 4.79 Å². The predicted octanol–water partition coefficient (Wildman–Crippen LogP) is 3.48. The number of halogens is 1. The Morgan fingerprint density at radius 3 is 2.95 bits per heavy atom. The zero-order valence-electron chi connectivity index (χ0n) is 11.6. The maximum atomic E-state index is 12.6. The van der Waals surface area contributed by atoms with Crippen LogP contribution in [0, 0.1) is 12.3 Å². The van der Waals surface area contributed by atoms with Crippen LogP contribution in [0.5, 0.6) is 0 Å². The first-order chi connectivity index (χ1) is 9.09. The topological polar surface area (TPSA) is 41.1 Å². The van der Waals surface area contributed by atoms with E-state index in [0.717, 1.165) is 48.1 Å². The second-order valence-electron chi connectivity index (χ2n) is 5.30. The van der Waals surface area contributed by atoms with Gasteiger partial charge in [-0.3, -0.25) is 4.79 Å². The Hall–Kier alpha value is -0.870. The minimum Gasteiger partial charge on any atom is -0.325 e. The second-order valence-corrected chi connectivity index (χ2v) is 6.10. The maximum absolute atomic E-state index is 12.6. The molecule has 1 aliphatic rings. The monoisotopic (exact) mass is 324 g/mol. The normalized spacial score (nSPS) is 23.1. The van der Waals surface area contributed by atoms with Crippen molar-refractivity contribution in [2.45, 2.75) is 33.1 Å². The summed E-state index contributed by atoms with van der Waals surface area (Å²) in [5.41, 5.74) is 1.73. The molecule has 0 bridgehead atoms. The molecule has 0 radical (unpaired) electrons. The summed E-state index contributed by atoms with van der Waals surface area (Å²) in [6.07, 6.45) is 2.90. The third-order valence-electron chi connectivity index (χ3n) is 4.07. The van der Waals surface area contributed by atoms with Crippen molar-refractivity contribution in [1.82, 2.24) is 5.32 Å². The summed E-state index contributed by atoms with van der Waals surface area (Å²) in [5, 5.41) is 6.43. The summed E-state index contributed by atoms with van der Waals surface area (Å²) in [6.45, 7) is 5.91. The number of rotatable bonds is 3. The van der Waals surface area contributed by atoms with Gasteiger partial charge < -0.3 is 10.6 Å². The van der Waals surface area contributed by atoms with Crippen LogP contribution in [-0.4, -0.2) is 19.0 Å². The summed E-state index contributed by atoms with van der Waals surface area (Å²) in [7, 11) is 0. The number of carbonyl (C=O) groups excluding carboxylic acids is 1. The maximum Gasteiger partial charge on any atom is 0.231 e. The zero-order chi connectivity index (χ0) is 13.9. The highest BCUT2D eigenvalue weighted by Crippen LogP contribution is 2.33. The van der Waals surface area contributed by atoms with Crippen LogP contribution in [0.25, 0.3) is 0 Å². The molecule has 1 amide bonds. The predicted molar refractivity (Wildman–Crippen MR) is 82.3 cm³/mol. The van der Waals surface area contributed by atoms with Gasteiger partial charge in [0.2, 0.25) is 5.91 Å². The van der Waals surface area contributed by atoms with Crippen LogP contribution >= 0.6 is 15.9 Å². The Morgan fingerprint density at radius 2 is 2.32 bits per heavy atom. The second kappa shape index (κ2) is 6.06. The zero-order valence-corrected chi connectivity index (χ0v) is 13.1. The SMILES string of the molecule is CCC1(C(=O)Nc2cccc(C)c2Br)CCCNC1. The van der Waals surface area contributed by atoms with Crippen molar-refractivity contribution in [2.24, 2.45) is 5.41 Å². The fraction of sp³-hybridized carbons (Fsp3) is 0.533. The lowest BCUT2D eigenvalue weighted by molar-refractivity contribution is -0.126. The molecule has 1 aromatic rings. The van der Waals surface area contributed by atoms with Crippen molar-refractivity contribution in [3.05, 3.63) is 28.2 Å². The smallest absolute Gasteiger partial charge is 0.231 e. The number of carbonyl (C=O) groups is 1. The summed E-state index contributed by atoms with van der Waals surface area (Å²) in [6, 6.07) is 5.93. The Kier molecular flexibility index (Phi) is 4.63. The Labute approximate surface area is 123 Å². The molecule has 1 heterocycles. The van der Waals surface area contributed by atoms with Gasteiger partial charge in [0, 0.05) is 11.0 Å². The Bertz CT molecular complexity index is 467. The summed E-state index contributed by atoms with van der Waals surface area (Å²) in [4.78, 5) is 12.6. The van der Waals surface area contributed by atoms with Gasteiger partial charge in [-0.1, -0.05) is 19.1 Å². The van der Waals surface area contributed by atoms with Gasteiger partial charge in [0.15, 0.2) is 0 Å². The molecule has 104 valence electrons. The first-order valence-electron chi connectivity index (χ1n) is 6.86. The van der Waals surface area contributed by atoms with Gasteiger partial charge in [0.1, 0.15) is 0 Å². The molecule has 1 saturated heterocycles. The number of amides is 1. The van der Waals surface area contributed by atoms with Gasteiger partial charge in [-0.2, -0.15) is 0 Å². The van der Waals surface area contributed by atoms with Gasteiger partial charge in [-0.05, 0) is 60.3 Å². The van der Waals surface area contributed by atoms with Crippen molar-refractivity contribution in [1.29, 1.82) is 0 Å². The molecular weight excluding hydrogens is 304 g/mol. The first-order valence-corrected chi connectivity index (χ1v) is 7.65. The quantitative estimate of drug-likeness (QED) is 0.893. The molecule has 19 heavy (non-hydrogen) atoms. The molecule has 3 nitrogen and oxygen atoms in total. The highest BCUT2D eigenvalue weighted by molar-refractivity contribution is 9.10. The number of piperidine rings is 1. The van der Waals surface area contributed by atoms with Crippen molar-refractivity contribution >= 4 is 27.5 Å². The third-order valence-corrected chi connectivity index (χ3v) is 5.12. The third kappa shape index (κ3) is 3.00. The van der Waals surface area contributed by atoms with Crippen LogP contribution in [0.15, 0.2) is 22.7 Å². The number of hydrogen-bond donors (Lipinski definition) is 2. The van der Waals surface area contributed by atoms with E-state index in [1.165, 1.54) is 0 Å². The minimum absolute atomic E-state index is 0.133. The molecule has 1 fully saturated rings. The Morgan fingerprint density at radius 1 is 1.53 bits per heavy atom. The summed E-state index contributed by atoms with van der Waals surface area (Å²) < 4.78 is 0.971. The van der Waals surface area contributed by atoms with Gasteiger partial charge in [-0.25, -0.2) is 0 Å². The first kappa shape index (κ1) is 14.5. The van der Waals surface area contributed by atoms with Gasteiger partial charge in [-0.15, -0.1) is 0 Å². The van der Waals surface area contributed by atoms with Crippen LogP contribution in [0.1, 0.15) is 31.7 Å². The fourth-order valence-corrected chi connectivity index (χ4v) is 2.99. The molecule has 1 unspecified atom stereocenters. The van der Waals surface area contributed by atoms with E-state index in [1.54, 1.807) is 0 Å². The van der Waals surface area contributed by atoms with Crippen molar-refractivity contribution in [3.8, 4) is 0 Å². The van der Waals surface area contributed by atoms with E-state index in [1.807, 2.05) is 25.1 Å². The number of nitrogens with one attached hydrogen (secondary N) is 2. The van der Waals surface area contributed by atoms with Crippen LogP contribution in [0.4, 0.5) is 5.69 Å². The van der Waals surface area contributed by atoms with Crippen LogP contribution < -0.4 is 10.6 Å². The highest BCUT2D eigenvalue weighted by atomic mass is 79.9. The standard InChI is InChI=1S/C15H21BrN2O/c1-3-15(8-5-9-17-10-15)14(19)18-12-7-4-6-11(2)13(12)16/h4,6-7,17H,3,5,8-10H2,1-2H3,(H,18,19). The van der Waals surface area contributed by atoms with Gasteiger partial charge >= 0.3 is 0 Å². The van der Waals surface area contributed by atoms with Crippen molar-refractivity contribution in [2.75, 3.05) is 18.4 Å². The molecule has 2 rings (SSSR count). The number of benzene rings is 1.